The monoisotopic (exact) mass is 426 g/mol. The van der Waals surface area contributed by atoms with Crippen LogP contribution in [0.4, 0.5) is 4.79 Å². The molecule has 0 fully saturated rings. The van der Waals surface area contributed by atoms with Gasteiger partial charge in [-0.3, -0.25) is 0 Å². The molecule has 0 radical (unpaired) electrons. The summed E-state index contributed by atoms with van der Waals surface area (Å²) in [5.74, 6) is 0. The summed E-state index contributed by atoms with van der Waals surface area (Å²) in [7, 11) is 0. The molecule has 0 aromatic heterocycles. The van der Waals surface area contributed by atoms with E-state index in [-0.39, 0.29) is 0 Å². The van der Waals surface area contributed by atoms with E-state index in [1.165, 1.54) is 0 Å². The first-order valence-corrected chi connectivity index (χ1v) is 14.6. The molecule has 0 aliphatic carbocycles. The Kier molecular flexibility index (Phi) is 4.64. The van der Waals surface area contributed by atoms with Crippen molar-refractivity contribution in [2.75, 3.05) is 0 Å². The van der Waals surface area contributed by atoms with Gasteiger partial charge in [-0.2, -0.15) is 0 Å². The van der Waals surface area contributed by atoms with Crippen molar-refractivity contribution in [3.05, 3.63) is 0 Å². The van der Waals surface area contributed by atoms with Gasteiger partial charge >= 0.3 is 63.0 Å². The molecule has 5 heteroatoms. The minimum absolute atomic E-state index is 0.611. The quantitative estimate of drug-likeness (QED) is 0.518. The van der Waals surface area contributed by atoms with Crippen LogP contribution < -0.4 is 0 Å². The molecular formula is CHI3O2. The van der Waals surface area contributed by atoms with Crippen molar-refractivity contribution in [3.8, 4) is 0 Å². The van der Waals surface area contributed by atoms with Crippen molar-refractivity contribution < 1.29 is 9.90 Å². The Morgan fingerprint density at radius 3 is 1.83 bits per heavy atom. The van der Waals surface area contributed by atoms with Gasteiger partial charge in [-0.1, -0.05) is 0 Å². The van der Waals surface area contributed by atoms with Gasteiger partial charge < -0.3 is 0 Å². The van der Waals surface area contributed by atoms with Crippen LogP contribution in [0.25, 0.3) is 0 Å². The second-order valence-corrected chi connectivity index (χ2v) is 23.9. The third kappa shape index (κ3) is 3.84. The van der Waals surface area contributed by atoms with Crippen LogP contribution in [0.1, 0.15) is 0 Å². The first-order valence-electron chi connectivity index (χ1n) is 0.902. The first-order chi connectivity index (χ1) is 2.64. The van der Waals surface area contributed by atoms with E-state index in [0.29, 0.717) is 0 Å². The van der Waals surface area contributed by atoms with Crippen molar-refractivity contribution in [1.29, 1.82) is 0 Å². The minimum atomic E-state index is -1.53. The summed E-state index contributed by atoms with van der Waals surface area (Å²) in [6.07, 6.45) is 0. The maximum atomic E-state index is 9.75. The van der Waals surface area contributed by atoms with E-state index >= 15 is 0 Å². The van der Waals surface area contributed by atoms with Gasteiger partial charge in [0.15, 0.2) is 0 Å². The second-order valence-electron chi connectivity index (χ2n) is 0.450. The number of rotatable bonds is 1. The Labute approximate surface area is 61.8 Å². The Bertz CT molecular complexity index is 59.8. The fourth-order valence-electron chi connectivity index (χ4n) is 0. The molecule has 0 rings (SSSR count). The van der Waals surface area contributed by atoms with Crippen LogP contribution >= 0.6 is 49.1 Å². The predicted octanol–water partition coefficient (Wildman–Crippen LogP) is 2.87. The van der Waals surface area contributed by atoms with E-state index in [4.69, 9.17) is 5.11 Å². The van der Waals surface area contributed by atoms with Gasteiger partial charge in [0.05, 0.1) is 0 Å². The van der Waals surface area contributed by atoms with Crippen molar-refractivity contribution in [2.24, 2.45) is 0 Å². The van der Waals surface area contributed by atoms with E-state index < -0.39 is 15.8 Å². The summed E-state index contributed by atoms with van der Waals surface area (Å²) >= 11 is 2.43. The van der Waals surface area contributed by atoms with Crippen molar-refractivity contribution >= 4 is 53.1 Å². The zero-order valence-corrected chi connectivity index (χ0v) is 8.96. The molecule has 0 saturated carbocycles. The summed E-state index contributed by atoms with van der Waals surface area (Å²) in [5.41, 5.74) is 0. The number of halogens is 3. The van der Waals surface area contributed by atoms with Crippen molar-refractivity contribution in [3.63, 3.8) is 0 Å². The molecule has 6 heavy (non-hydrogen) atoms. The molecule has 1 N–H and O–H groups in total. The summed E-state index contributed by atoms with van der Waals surface area (Å²) in [6.45, 7) is 0. The normalized spacial score (nSPS) is 10.7. The fraction of sp³-hybridized carbons (Fsp3) is 0. The van der Waals surface area contributed by atoms with Gasteiger partial charge in [-0.25, -0.2) is 0 Å². The topological polar surface area (TPSA) is 37.3 Å². The molecule has 0 aliphatic heterocycles. The van der Waals surface area contributed by atoms with E-state index in [0.717, 1.165) is 0 Å². The van der Waals surface area contributed by atoms with Gasteiger partial charge in [-0.15, -0.1) is 0 Å². The third-order valence-electron chi connectivity index (χ3n) is 0.122. The van der Waals surface area contributed by atoms with Crippen LogP contribution in [-0.2, 0) is 0 Å². The molecule has 0 aliphatic rings. The SMILES string of the molecule is O=C(O)I(I)I. The molecule has 0 atom stereocenters. The summed E-state index contributed by atoms with van der Waals surface area (Å²) in [6, 6.07) is 0. The molecule has 38 valence electrons. The van der Waals surface area contributed by atoms with Crippen LogP contribution in [0.2, 0.25) is 0 Å². The van der Waals surface area contributed by atoms with E-state index in [1.54, 1.807) is 0 Å². The molecule has 0 amide bonds. The summed E-state index contributed by atoms with van der Waals surface area (Å²) < 4.78 is -0.611. The van der Waals surface area contributed by atoms with Gasteiger partial charge in [0, 0.05) is 0 Å². The Hall–Kier alpha value is 1.66. The average molecular weight is 426 g/mol. The molecule has 0 aromatic carbocycles. The molecule has 0 aromatic rings. The molecule has 0 saturated heterocycles. The van der Waals surface area contributed by atoms with Gasteiger partial charge in [0.1, 0.15) is 0 Å². The van der Waals surface area contributed by atoms with Crippen LogP contribution in [0.5, 0.6) is 0 Å². The van der Waals surface area contributed by atoms with Crippen LogP contribution in [0.3, 0.4) is 0 Å². The predicted molar refractivity (Wildman–Crippen MR) is 50.1 cm³/mol. The molecule has 0 unspecified atom stereocenters. The van der Waals surface area contributed by atoms with Gasteiger partial charge in [0.25, 0.3) is 0 Å². The standard InChI is InChI=1S/CHI3O2/c2-4(3)1(5)6/h(H,5,6). The molecule has 0 spiro atoms. The Balaban J connectivity index is 3.26. The molecule has 0 heterocycles. The van der Waals surface area contributed by atoms with Crippen LogP contribution in [-0.4, -0.2) is 9.08 Å². The number of carbonyl (C=O) groups is 1. The number of carboxylic acid groups (broad SMARTS) is 1. The van der Waals surface area contributed by atoms with E-state index in [2.05, 4.69) is 0 Å². The van der Waals surface area contributed by atoms with Crippen molar-refractivity contribution in [2.45, 2.75) is 0 Å². The van der Waals surface area contributed by atoms with E-state index in [9.17, 15) is 4.79 Å². The summed E-state index contributed by atoms with van der Waals surface area (Å²) in [5, 5.41) is 8.05. The van der Waals surface area contributed by atoms with Gasteiger partial charge in [0.2, 0.25) is 0 Å². The zero-order chi connectivity index (χ0) is 5.15. The van der Waals surface area contributed by atoms with Gasteiger partial charge in [-0.05, 0) is 0 Å². The number of hydrogen-bond donors (Lipinski definition) is 1. The Morgan fingerprint density at radius 2 is 1.83 bits per heavy atom. The molecular weight excluding hydrogens is 425 g/mol. The third-order valence-corrected chi connectivity index (χ3v) is 5.50. The summed E-state index contributed by atoms with van der Waals surface area (Å²) in [4.78, 5) is 9.75. The van der Waals surface area contributed by atoms with E-state index in [1.807, 2.05) is 37.2 Å². The number of hydrogen-bond acceptors (Lipinski definition) is 1. The first kappa shape index (κ1) is 7.66. The molecule has 0 bridgehead atoms. The average Bonchev–Trinajstić information content (AvgIpc) is 1.36. The maximum absolute atomic E-state index is 9.75. The van der Waals surface area contributed by atoms with Crippen LogP contribution in [0, 0.1) is 0 Å². The second kappa shape index (κ2) is 3.64. The Morgan fingerprint density at radius 1 is 1.67 bits per heavy atom. The molecule has 2 nitrogen and oxygen atoms in total. The fourth-order valence-corrected chi connectivity index (χ4v) is 0. The zero-order valence-electron chi connectivity index (χ0n) is 2.49. The van der Waals surface area contributed by atoms with Crippen molar-refractivity contribution in [1.82, 2.24) is 0 Å². The van der Waals surface area contributed by atoms with Crippen LogP contribution in [0.15, 0.2) is 0 Å².